The average Bonchev–Trinajstić information content (AvgIpc) is 2.65. The fraction of sp³-hybridized carbons (Fsp3) is 0.667. The number of benzene rings is 1. The topological polar surface area (TPSA) is 52.6 Å². The summed E-state index contributed by atoms with van der Waals surface area (Å²) in [7, 11) is 0. The van der Waals surface area contributed by atoms with Crippen molar-refractivity contribution in [3.8, 4) is 5.75 Å². The summed E-state index contributed by atoms with van der Waals surface area (Å²) >= 11 is 0. The van der Waals surface area contributed by atoms with E-state index in [1.165, 1.54) is 19.3 Å². The van der Waals surface area contributed by atoms with Gasteiger partial charge in [-0.25, -0.2) is 4.79 Å². The van der Waals surface area contributed by atoms with Crippen molar-refractivity contribution in [1.82, 2.24) is 0 Å². The first kappa shape index (κ1) is 22.4. The zero-order chi connectivity index (χ0) is 20.6. The minimum atomic E-state index is -0.426. The molecule has 1 aromatic carbocycles. The normalized spacial score (nSPS) is 19.9. The largest absolute Gasteiger partial charge is 0.462 e. The van der Waals surface area contributed by atoms with Crippen LogP contribution in [0.4, 0.5) is 0 Å². The highest BCUT2D eigenvalue weighted by Gasteiger charge is 2.35. The molecule has 0 bridgehead atoms. The average molecular weight is 389 g/mol. The maximum atomic E-state index is 12.7. The lowest BCUT2D eigenvalue weighted by Gasteiger charge is -2.40. The lowest BCUT2D eigenvalue weighted by atomic mass is 9.65. The molecule has 0 N–H and O–H groups in total. The Morgan fingerprint density at radius 1 is 1.07 bits per heavy atom. The molecule has 2 unspecified atom stereocenters. The number of hydrogen-bond donors (Lipinski definition) is 0. The number of rotatable bonds is 8. The predicted octanol–water partition coefficient (Wildman–Crippen LogP) is 6.18. The molecule has 1 aromatic rings. The van der Waals surface area contributed by atoms with Crippen LogP contribution in [0.2, 0.25) is 0 Å². The highest BCUT2D eigenvalue weighted by molar-refractivity contribution is 5.93. The molecule has 4 nitrogen and oxygen atoms in total. The van der Waals surface area contributed by atoms with Gasteiger partial charge < -0.3 is 9.47 Å². The second-order valence-corrected chi connectivity index (χ2v) is 9.03. The van der Waals surface area contributed by atoms with Crippen LogP contribution in [0.15, 0.2) is 24.3 Å². The lowest BCUT2D eigenvalue weighted by molar-refractivity contribution is -0.136. The zero-order valence-electron chi connectivity index (χ0n) is 18.0. The van der Waals surface area contributed by atoms with Gasteiger partial charge in [-0.1, -0.05) is 65.5 Å². The van der Waals surface area contributed by atoms with Crippen molar-refractivity contribution < 1.29 is 19.1 Å². The number of ether oxygens (including phenoxy) is 2. The summed E-state index contributed by atoms with van der Waals surface area (Å²) in [5, 5.41) is 0. The van der Waals surface area contributed by atoms with Crippen molar-refractivity contribution in [2.24, 2.45) is 17.3 Å². The molecular weight excluding hydrogens is 352 g/mol. The molecule has 2 atom stereocenters. The molecule has 0 heterocycles. The second-order valence-electron chi connectivity index (χ2n) is 9.03. The van der Waals surface area contributed by atoms with E-state index in [0.717, 1.165) is 25.7 Å². The molecule has 1 aliphatic rings. The molecule has 0 aliphatic heterocycles. The molecule has 1 aliphatic carbocycles. The summed E-state index contributed by atoms with van der Waals surface area (Å²) in [5.41, 5.74) is 0.509. The minimum Gasteiger partial charge on any atom is -0.462 e. The van der Waals surface area contributed by atoms with Gasteiger partial charge in [-0.3, -0.25) is 4.79 Å². The fourth-order valence-electron chi connectivity index (χ4n) is 4.29. The standard InChI is InChI=1S/C24H36O4/c1-5-6-11-16-27-23(26)19-13-8-10-15-21(19)28-22(25)17-18-12-7-9-14-20(18)24(2,3)4/h8,10,13,15,18,20H,5-7,9,11-12,14,16-17H2,1-4H3. The van der Waals surface area contributed by atoms with E-state index < -0.39 is 5.97 Å². The Morgan fingerprint density at radius 3 is 2.50 bits per heavy atom. The summed E-state index contributed by atoms with van der Waals surface area (Å²) in [5.74, 6) is 0.482. The summed E-state index contributed by atoms with van der Waals surface area (Å²) in [6.07, 6.45) is 8.00. The first-order valence-corrected chi connectivity index (χ1v) is 10.8. The van der Waals surface area contributed by atoms with E-state index in [1.807, 2.05) is 0 Å². The van der Waals surface area contributed by atoms with Gasteiger partial charge in [-0.2, -0.15) is 0 Å². The third-order valence-corrected chi connectivity index (χ3v) is 5.76. The Hall–Kier alpha value is -1.84. The van der Waals surface area contributed by atoms with Gasteiger partial charge >= 0.3 is 11.9 Å². The quantitative estimate of drug-likeness (QED) is 0.303. The molecule has 0 saturated heterocycles. The van der Waals surface area contributed by atoms with Crippen molar-refractivity contribution in [3.63, 3.8) is 0 Å². The van der Waals surface area contributed by atoms with Crippen molar-refractivity contribution in [1.29, 1.82) is 0 Å². The zero-order valence-corrected chi connectivity index (χ0v) is 18.0. The van der Waals surface area contributed by atoms with E-state index in [9.17, 15) is 9.59 Å². The third kappa shape index (κ3) is 6.65. The molecule has 0 radical (unpaired) electrons. The monoisotopic (exact) mass is 388 g/mol. The van der Waals surface area contributed by atoms with Gasteiger partial charge in [0, 0.05) is 6.42 Å². The molecule has 0 spiro atoms. The Balaban J connectivity index is 1.99. The SMILES string of the molecule is CCCCCOC(=O)c1ccccc1OC(=O)CC1CCCCC1C(C)(C)C. The molecule has 1 fully saturated rings. The van der Waals surface area contributed by atoms with E-state index >= 15 is 0 Å². The van der Waals surface area contributed by atoms with E-state index in [0.29, 0.717) is 36.2 Å². The second kappa shape index (κ2) is 10.6. The highest BCUT2D eigenvalue weighted by Crippen LogP contribution is 2.43. The first-order chi connectivity index (χ1) is 13.3. The van der Waals surface area contributed by atoms with E-state index in [2.05, 4.69) is 27.7 Å². The van der Waals surface area contributed by atoms with E-state index in [4.69, 9.17) is 9.47 Å². The van der Waals surface area contributed by atoms with Gasteiger partial charge in [0.05, 0.1) is 6.61 Å². The molecular formula is C24H36O4. The number of hydrogen-bond acceptors (Lipinski definition) is 4. The summed E-state index contributed by atoms with van der Waals surface area (Å²) < 4.78 is 11.0. The van der Waals surface area contributed by atoms with Gasteiger partial charge in [0.25, 0.3) is 0 Å². The van der Waals surface area contributed by atoms with Crippen LogP contribution >= 0.6 is 0 Å². The maximum Gasteiger partial charge on any atom is 0.341 e. The Bertz CT molecular complexity index is 644. The van der Waals surface area contributed by atoms with Crippen LogP contribution in [-0.2, 0) is 9.53 Å². The molecule has 4 heteroatoms. The van der Waals surface area contributed by atoms with Gasteiger partial charge in [0.2, 0.25) is 0 Å². The molecule has 28 heavy (non-hydrogen) atoms. The van der Waals surface area contributed by atoms with Gasteiger partial charge in [0.1, 0.15) is 11.3 Å². The number of unbranched alkanes of at least 4 members (excludes halogenated alkanes) is 2. The summed E-state index contributed by atoms with van der Waals surface area (Å²) in [4.78, 5) is 25.0. The molecule has 156 valence electrons. The van der Waals surface area contributed by atoms with Crippen LogP contribution in [0.5, 0.6) is 5.75 Å². The number of carbonyl (C=O) groups excluding carboxylic acids is 2. The number of para-hydroxylation sites is 1. The molecule has 0 aromatic heterocycles. The van der Waals surface area contributed by atoms with Crippen LogP contribution in [0.3, 0.4) is 0 Å². The van der Waals surface area contributed by atoms with E-state index in [1.54, 1.807) is 24.3 Å². The molecule has 2 rings (SSSR count). The molecule has 1 saturated carbocycles. The smallest absolute Gasteiger partial charge is 0.341 e. The summed E-state index contributed by atoms with van der Waals surface area (Å²) in [6.45, 7) is 9.26. The summed E-state index contributed by atoms with van der Waals surface area (Å²) in [6, 6.07) is 6.86. The number of carbonyl (C=O) groups is 2. The van der Waals surface area contributed by atoms with Crippen molar-refractivity contribution in [2.75, 3.05) is 6.61 Å². The van der Waals surface area contributed by atoms with Gasteiger partial charge in [0.15, 0.2) is 0 Å². The van der Waals surface area contributed by atoms with Crippen LogP contribution in [0.25, 0.3) is 0 Å². The Kier molecular flexibility index (Phi) is 8.53. The van der Waals surface area contributed by atoms with Crippen LogP contribution in [0.1, 0.15) is 89.4 Å². The van der Waals surface area contributed by atoms with Crippen LogP contribution in [0, 0.1) is 17.3 Å². The van der Waals surface area contributed by atoms with Gasteiger partial charge in [-0.05, 0) is 48.6 Å². The van der Waals surface area contributed by atoms with Crippen LogP contribution < -0.4 is 4.74 Å². The van der Waals surface area contributed by atoms with Crippen molar-refractivity contribution in [3.05, 3.63) is 29.8 Å². The minimum absolute atomic E-state index is 0.186. The molecule has 0 amide bonds. The predicted molar refractivity (Wildman–Crippen MR) is 111 cm³/mol. The number of esters is 2. The third-order valence-electron chi connectivity index (χ3n) is 5.76. The first-order valence-electron chi connectivity index (χ1n) is 10.8. The maximum absolute atomic E-state index is 12.7. The Labute approximate surface area is 170 Å². The lowest BCUT2D eigenvalue weighted by Crippen LogP contribution is -2.33. The van der Waals surface area contributed by atoms with Crippen molar-refractivity contribution in [2.45, 2.75) is 79.1 Å². The van der Waals surface area contributed by atoms with E-state index in [-0.39, 0.29) is 11.4 Å². The highest BCUT2D eigenvalue weighted by atomic mass is 16.5. The van der Waals surface area contributed by atoms with Crippen molar-refractivity contribution >= 4 is 11.9 Å². The fourth-order valence-corrected chi connectivity index (χ4v) is 4.29. The van der Waals surface area contributed by atoms with Gasteiger partial charge in [-0.15, -0.1) is 0 Å². The van der Waals surface area contributed by atoms with Crippen LogP contribution in [-0.4, -0.2) is 18.5 Å². The Morgan fingerprint density at radius 2 is 1.79 bits per heavy atom.